The van der Waals surface area contributed by atoms with Crippen molar-refractivity contribution in [2.75, 3.05) is 44.3 Å². The Morgan fingerprint density at radius 2 is 1.81 bits per heavy atom. The van der Waals surface area contributed by atoms with Crippen LogP contribution in [0.3, 0.4) is 0 Å². The second-order valence-electron chi connectivity index (χ2n) is 6.59. The minimum Gasteiger partial charge on any atom is -0.354 e. The fraction of sp³-hybridized carbons (Fsp3) is 0.500. The van der Waals surface area contributed by atoms with E-state index in [-0.39, 0.29) is 13.2 Å². The van der Waals surface area contributed by atoms with E-state index in [1.807, 2.05) is 11.8 Å². The molecule has 27 heavy (non-hydrogen) atoms. The number of carbonyl (C=O) groups excluding carboxylic acids is 3. The van der Waals surface area contributed by atoms with Gasteiger partial charge in [-0.3, -0.25) is 19.4 Å². The summed E-state index contributed by atoms with van der Waals surface area (Å²) in [5.41, 5.74) is 0.557. The zero-order chi connectivity index (χ0) is 19.4. The number of carbonyl (C=O) groups is 3. The Morgan fingerprint density at radius 1 is 1.11 bits per heavy atom. The number of pyridine rings is 1. The molecule has 142 valence electrons. The van der Waals surface area contributed by atoms with Gasteiger partial charge >= 0.3 is 17.8 Å². The number of rotatable bonds is 6. The molecule has 0 atom stereocenters. The van der Waals surface area contributed by atoms with Crippen molar-refractivity contribution in [1.29, 1.82) is 5.26 Å². The maximum Gasteiger partial charge on any atom is 0.335 e. The second kappa shape index (κ2) is 8.14. The number of piperazine rings is 1. The first kappa shape index (κ1) is 18.8. The first-order chi connectivity index (χ1) is 13.0. The molecule has 9 heteroatoms. The molecule has 2 saturated heterocycles. The minimum absolute atomic E-state index is 0.117. The van der Waals surface area contributed by atoms with Gasteiger partial charge in [-0.2, -0.15) is 5.26 Å². The van der Waals surface area contributed by atoms with Crippen LogP contribution < -0.4 is 4.90 Å². The highest BCUT2D eigenvalue weighted by Crippen LogP contribution is 2.17. The lowest BCUT2D eigenvalue weighted by Gasteiger charge is -2.36. The summed E-state index contributed by atoms with van der Waals surface area (Å²) in [4.78, 5) is 47.0. The molecule has 2 aliphatic heterocycles. The van der Waals surface area contributed by atoms with E-state index in [2.05, 4.69) is 16.0 Å². The van der Waals surface area contributed by atoms with Crippen molar-refractivity contribution in [3.05, 3.63) is 23.9 Å². The Bertz CT molecular complexity index is 782. The Kier molecular flexibility index (Phi) is 5.66. The van der Waals surface area contributed by atoms with Crippen LogP contribution in [-0.4, -0.2) is 76.9 Å². The molecule has 1 aromatic rings. The third-order valence-electron chi connectivity index (χ3n) is 4.78. The largest absolute Gasteiger partial charge is 0.354 e. The maximum absolute atomic E-state index is 12.4. The maximum atomic E-state index is 12.4. The fourth-order valence-corrected chi connectivity index (χ4v) is 3.17. The average Bonchev–Trinajstić information content (AvgIpc) is 2.90. The molecule has 0 radical (unpaired) electrons. The van der Waals surface area contributed by atoms with Crippen LogP contribution in [0.5, 0.6) is 0 Å². The predicted octanol–water partition coefficient (Wildman–Crippen LogP) is 0.624. The fourth-order valence-electron chi connectivity index (χ4n) is 3.17. The van der Waals surface area contributed by atoms with Gasteiger partial charge < -0.3 is 4.90 Å². The van der Waals surface area contributed by atoms with Crippen LogP contribution in [0.2, 0.25) is 0 Å². The van der Waals surface area contributed by atoms with Crippen LogP contribution in [0.15, 0.2) is 18.3 Å². The van der Waals surface area contributed by atoms with E-state index >= 15 is 0 Å². The molecular formula is C18H22N6O3. The van der Waals surface area contributed by atoms with Crippen LogP contribution in [0.4, 0.5) is 10.6 Å². The highest BCUT2D eigenvalue weighted by molar-refractivity contribution is 6.44. The average molecular weight is 370 g/mol. The van der Waals surface area contributed by atoms with Crippen molar-refractivity contribution in [3.63, 3.8) is 0 Å². The summed E-state index contributed by atoms with van der Waals surface area (Å²) in [5.74, 6) is -0.741. The summed E-state index contributed by atoms with van der Waals surface area (Å²) < 4.78 is 0. The smallest absolute Gasteiger partial charge is 0.335 e. The number of hydrogen-bond acceptors (Lipinski definition) is 7. The van der Waals surface area contributed by atoms with Crippen LogP contribution in [0, 0.1) is 11.3 Å². The number of hydrogen-bond donors (Lipinski definition) is 0. The Balaban J connectivity index is 1.57. The number of nitrogens with zero attached hydrogens (tertiary/aromatic N) is 6. The number of nitriles is 1. The van der Waals surface area contributed by atoms with Crippen molar-refractivity contribution < 1.29 is 14.4 Å². The van der Waals surface area contributed by atoms with Crippen molar-refractivity contribution in [1.82, 2.24) is 19.7 Å². The molecule has 0 unspecified atom stereocenters. The molecular weight excluding hydrogens is 348 g/mol. The summed E-state index contributed by atoms with van der Waals surface area (Å²) in [7, 11) is 0. The molecule has 2 aliphatic rings. The molecule has 1 aromatic heterocycles. The van der Waals surface area contributed by atoms with E-state index in [0.29, 0.717) is 38.2 Å². The lowest BCUT2D eigenvalue weighted by molar-refractivity contribution is -0.144. The lowest BCUT2D eigenvalue weighted by Crippen LogP contribution is -2.51. The van der Waals surface area contributed by atoms with Crippen LogP contribution in [-0.2, 0) is 9.59 Å². The van der Waals surface area contributed by atoms with Gasteiger partial charge in [0, 0.05) is 38.9 Å². The van der Waals surface area contributed by atoms with Gasteiger partial charge in [-0.15, -0.1) is 0 Å². The molecule has 0 spiro atoms. The molecule has 0 aromatic carbocycles. The molecule has 0 aliphatic carbocycles. The zero-order valence-electron chi connectivity index (χ0n) is 15.3. The summed E-state index contributed by atoms with van der Waals surface area (Å²) in [6, 6.07) is 4.98. The van der Waals surface area contributed by atoms with Gasteiger partial charge in [0.1, 0.15) is 5.82 Å². The van der Waals surface area contributed by atoms with Gasteiger partial charge in [0.15, 0.2) is 0 Å². The second-order valence-corrected chi connectivity index (χ2v) is 6.59. The number of imide groups is 2. The monoisotopic (exact) mass is 370 g/mol. The van der Waals surface area contributed by atoms with E-state index < -0.39 is 17.8 Å². The number of aromatic nitrogens is 1. The van der Waals surface area contributed by atoms with Crippen molar-refractivity contribution in [2.45, 2.75) is 19.8 Å². The van der Waals surface area contributed by atoms with Gasteiger partial charge in [0.05, 0.1) is 18.3 Å². The summed E-state index contributed by atoms with van der Waals surface area (Å²) in [6.07, 6.45) is 3.14. The lowest BCUT2D eigenvalue weighted by atomic mass is 10.2. The van der Waals surface area contributed by atoms with E-state index in [1.54, 1.807) is 18.3 Å². The van der Waals surface area contributed by atoms with Gasteiger partial charge in [-0.25, -0.2) is 14.7 Å². The third-order valence-corrected chi connectivity index (χ3v) is 4.78. The minimum atomic E-state index is -0.748. The summed E-state index contributed by atoms with van der Waals surface area (Å²) in [6.45, 7) is 4.93. The van der Waals surface area contributed by atoms with E-state index in [0.717, 1.165) is 22.0 Å². The Labute approximate surface area is 157 Å². The molecule has 9 nitrogen and oxygen atoms in total. The summed E-state index contributed by atoms with van der Waals surface area (Å²) in [5, 5.41) is 9.00. The number of unbranched alkanes of at least 4 members (excludes halogenated alkanes) is 1. The number of amides is 4. The summed E-state index contributed by atoms with van der Waals surface area (Å²) >= 11 is 0. The molecule has 4 amide bonds. The number of anilines is 1. The highest BCUT2D eigenvalue weighted by Gasteiger charge is 2.44. The highest BCUT2D eigenvalue weighted by atomic mass is 16.2. The molecule has 2 fully saturated rings. The van der Waals surface area contributed by atoms with Gasteiger partial charge in [0.2, 0.25) is 0 Å². The standard InChI is InChI=1S/C18H22N6O3/c1-2-3-6-23-16(25)17(26)24(18(23)27)13-21-7-9-22(10-8-21)15-11-14(12-19)4-5-20-15/h4-5,11H,2-3,6-10,13H2,1H3. The van der Waals surface area contributed by atoms with Crippen LogP contribution in [0.25, 0.3) is 0 Å². The Morgan fingerprint density at radius 3 is 2.48 bits per heavy atom. The first-order valence-corrected chi connectivity index (χ1v) is 9.06. The SMILES string of the molecule is CCCCN1C(=O)C(=O)N(CN2CCN(c3cc(C#N)ccn3)CC2)C1=O. The first-order valence-electron chi connectivity index (χ1n) is 9.06. The molecule has 3 heterocycles. The van der Waals surface area contributed by atoms with E-state index in [9.17, 15) is 14.4 Å². The molecule has 0 N–H and O–H groups in total. The molecule has 0 saturated carbocycles. The molecule has 0 bridgehead atoms. The predicted molar refractivity (Wildman–Crippen MR) is 96.5 cm³/mol. The van der Waals surface area contributed by atoms with Gasteiger partial charge in [-0.1, -0.05) is 13.3 Å². The van der Waals surface area contributed by atoms with Crippen LogP contribution >= 0.6 is 0 Å². The van der Waals surface area contributed by atoms with Crippen molar-refractivity contribution in [2.24, 2.45) is 0 Å². The Hall–Kier alpha value is -2.99. The van der Waals surface area contributed by atoms with Crippen molar-refractivity contribution in [3.8, 4) is 6.07 Å². The molecule has 3 rings (SSSR count). The zero-order valence-corrected chi connectivity index (χ0v) is 15.3. The van der Waals surface area contributed by atoms with Gasteiger partial charge in [0.25, 0.3) is 0 Å². The van der Waals surface area contributed by atoms with Gasteiger partial charge in [-0.05, 0) is 18.6 Å². The normalized spacial score (nSPS) is 18.4. The quantitative estimate of drug-likeness (QED) is 0.534. The van der Waals surface area contributed by atoms with E-state index in [1.165, 1.54) is 0 Å². The third kappa shape index (κ3) is 3.90. The van der Waals surface area contributed by atoms with Crippen molar-refractivity contribution >= 4 is 23.7 Å². The van der Waals surface area contributed by atoms with Crippen LogP contribution in [0.1, 0.15) is 25.3 Å². The van der Waals surface area contributed by atoms with E-state index in [4.69, 9.17) is 5.26 Å². The number of urea groups is 1. The topological polar surface area (TPSA) is 101 Å².